The maximum Gasteiger partial charge on any atom is 0.339 e. The Morgan fingerprint density at radius 2 is 1.77 bits per heavy atom. The number of Topliss-reactive ketones (excluding diaryl/α,β-unsaturated/α-hetero) is 1. The fourth-order valence-electron chi connectivity index (χ4n) is 33.5. The molecule has 1 aromatic carbocycles. The number of esters is 2. The number of rotatable bonds is 8. The molecule has 31 unspecified atom stereocenters. The summed E-state index contributed by atoms with van der Waals surface area (Å²) >= 11 is 0. The highest BCUT2D eigenvalue weighted by Crippen LogP contribution is 2.93. The van der Waals surface area contributed by atoms with E-state index < -0.39 is 98.6 Å². The van der Waals surface area contributed by atoms with Crippen LogP contribution in [0, 0.1) is 151 Å². The normalized spacial score (nSPS) is 54.3. The third-order valence-corrected chi connectivity index (χ3v) is 35.9. The lowest BCUT2D eigenvalue weighted by molar-refractivity contribution is -0.315. The van der Waals surface area contributed by atoms with Gasteiger partial charge in [0.25, 0.3) is 0 Å². The molecule has 8 spiro atoms. The van der Waals surface area contributed by atoms with Crippen molar-refractivity contribution in [3.63, 3.8) is 0 Å². The zero-order chi connectivity index (χ0) is 65.3. The van der Waals surface area contributed by atoms with Gasteiger partial charge in [-0.05, 0) is 244 Å². The summed E-state index contributed by atoms with van der Waals surface area (Å²) in [6.45, 7) is 3.82. The van der Waals surface area contributed by atoms with Gasteiger partial charge in [-0.3, -0.25) is 14.9 Å². The van der Waals surface area contributed by atoms with E-state index in [0.717, 1.165) is 115 Å². The van der Waals surface area contributed by atoms with E-state index in [0.29, 0.717) is 66.6 Å². The van der Waals surface area contributed by atoms with Crippen molar-refractivity contribution in [1.29, 1.82) is 0 Å². The highest BCUT2D eigenvalue weighted by atomic mass is 16.7. The first kappa shape index (κ1) is 59.7. The molecule has 31 atom stereocenters. The van der Waals surface area contributed by atoms with Crippen LogP contribution < -0.4 is 5.32 Å². The minimum absolute atomic E-state index is 0.0383. The average Bonchev–Trinajstić information content (AvgIpc) is 1.40. The second-order valence-corrected chi connectivity index (χ2v) is 38.0. The van der Waals surface area contributed by atoms with E-state index in [1.54, 1.807) is 6.26 Å². The van der Waals surface area contributed by atoms with Crippen LogP contribution in [0.4, 0.5) is 0 Å². The number of benzene rings is 1. The first-order valence-electron chi connectivity index (χ1n) is 39.8. The Kier molecular flexibility index (Phi) is 11.9. The number of furan rings is 1. The number of carbonyl (C=O) groups excluding carboxylic acids is 3. The van der Waals surface area contributed by atoms with Gasteiger partial charge in [0, 0.05) is 53.2 Å². The third kappa shape index (κ3) is 6.52. The number of cyclic esters (lactones) is 1. The van der Waals surface area contributed by atoms with Gasteiger partial charge in [-0.15, -0.1) is 0 Å². The number of ether oxygens (including phenoxy) is 4. The van der Waals surface area contributed by atoms with Crippen LogP contribution in [0.3, 0.4) is 0 Å². The summed E-state index contributed by atoms with van der Waals surface area (Å²) in [6, 6.07) is 13.3. The summed E-state index contributed by atoms with van der Waals surface area (Å²) in [5.41, 5.74) is -4.84. The van der Waals surface area contributed by atoms with E-state index in [-0.39, 0.29) is 83.0 Å². The summed E-state index contributed by atoms with van der Waals surface area (Å²) in [5.74, 6) is 7.79. The second kappa shape index (κ2) is 19.5. The van der Waals surface area contributed by atoms with Crippen LogP contribution in [0.25, 0.3) is 0 Å². The molecule has 0 amide bonds. The molecule has 0 radical (unpaired) electrons. The van der Waals surface area contributed by atoms with Gasteiger partial charge < -0.3 is 43.6 Å². The second-order valence-electron chi connectivity index (χ2n) is 38.0. The Morgan fingerprint density at radius 3 is 2.64 bits per heavy atom. The number of hydrogen-bond donors (Lipinski definition) is 4. The monoisotopic (exact) mass is 1320 g/mol. The van der Waals surface area contributed by atoms with Crippen molar-refractivity contribution < 1.29 is 53.1 Å². The van der Waals surface area contributed by atoms with Gasteiger partial charge >= 0.3 is 11.9 Å². The van der Waals surface area contributed by atoms with Crippen LogP contribution in [-0.4, -0.2) is 106 Å². The first-order valence-corrected chi connectivity index (χ1v) is 39.8. The first-order chi connectivity index (χ1) is 47.7. The van der Waals surface area contributed by atoms with Gasteiger partial charge in [0.2, 0.25) is 0 Å². The Labute approximate surface area is 576 Å². The third-order valence-electron chi connectivity index (χ3n) is 35.9. The maximum absolute atomic E-state index is 18.6. The molecule has 7 aliphatic heterocycles. The van der Waals surface area contributed by atoms with Gasteiger partial charge in [0.15, 0.2) is 17.5 Å². The summed E-state index contributed by atoms with van der Waals surface area (Å²) in [5, 5.41) is 42.7. The molecule has 8 heterocycles. The van der Waals surface area contributed by atoms with E-state index >= 15 is 19.5 Å². The van der Waals surface area contributed by atoms with Crippen LogP contribution in [0.5, 0.6) is 0 Å². The van der Waals surface area contributed by atoms with Crippen LogP contribution in [-0.2, 0) is 51.8 Å². The molecule has 14 aliphatic carbocycles. The lowest BCUT2D eigenvalue weighted by Gasteiger charge is -2.74. The fraction of sp³-hybridized carbons (Fsp3) is 0.729. The zero-order valence-electron chi connectivity index (χ0n) is 57.3. The molecule has 516 valence electrons. The van der Waals surface area contributed by atoms with Gasteiger partial charge in [0.1, 0.15) is 29.7 Å². The number of aliphatic hydroxyl groups excluding tert-OH is 3. The molecule has 98 heavy (non-hydrogen) atoms. The van der Waals surface area contributed by atoms with Crippen LogP contribution in [0.15, 0.2) is 94.8 Å². The number of epoxide rings is 1. The number of nitrogens with zero attached hydrogens (tertiary/aromatic N) is 1. The van der Waals surface area contributed by atoms with Crippen molar-refractivity contribution >= 4 is 17.7 Å². The summed E-state index contributed by atoms with van der Waals surface area (Å²) < 4.78 is 39.1. The lowest BCUT2D eigenvalue weighted by Crippen LogP contribution is -2.84. The highest BCUT2D eigenvalue weighted by Gasteiger charge is 3.01. The molecular formula is C85H100N2O11. The number of allylic oxidation sites excluding steroid dienone is 4. The number of nitrogens with one attached hydrogen (secondary N) is 1. The van der Waals surface area contributed by atoms with E-state index in [1.807, 2.05) is 6.07 Å². The lowest BCUT2D eigenvalue weighted by atomic mass is 9.27. The van der Waals surface area contributed by atoms with Gasteiger partial charge in [-0.1, -0.05) is 105 Å². The quantitative estimate of drug-likeness (QED) is 0.0849. The molecule has 2 aromatic rings. The van der Waals surface area contributed by atoms with Crippen molar-refractivity contribution in [2.75, 3.05) is 26.4 Å². The Hall–Kier alpha value is -4.81. The van der Waals surface area contributed by atoms with Gasteiger partial charge in [-0.2, -0.15) is 0 Å². The summed E-state index contributed by atoms with van der Waals surface area (Å²) in [4.78, 5) is 54.3. The molecule has 1 aromatic heterocycles. The van der Waals surface area contributed by atoms with Crippen molar-refractivity contribution in [2.24, 2.45) is 139 Å². The Balaban J connectivity index is 0.767. The van der Waals surface area contributed by atoms with Crippen molar-refractivity contribution in [3.05, 3.63) is 107 Å². The predicted octanol–water partition coefficient (Wildman–Crippen LogP) is 11.7. The number of carbonyl (C=O) groups is 3. The molecule has 4 N–H and O–H groups in total. The van der Waals surface area contributed by atoms with Crippen LogP contribution in [0.2, 0.25) is 0 Å². The molecular weight excluding hydrogens is 1220 g/mol. The minimum atomic E-state index is -1.58. The molecule has 23 rings (SSSR count). The highest BCUT2D eigenvalue weighted by molar-refractivity contribution is 5.95. The predicted molar refractivity (Wildman–Crippen MR) is 360 cm³/mol. The van der Waals surface area contributed by atoms with E-state index in [4.69, 9.17) is 18.6 Å². The molecule has 16 fully saturated rings. The number of ketones is 1. The van der Waals surface area contributed by atoms with Crippen molar-refractivity contribution in [1.82, 2.24) is 10.2 Å². The molecule has 11 bridgehead atoms. The van der Waals surface area contributed by atoms with Crippen molar-refractivity contribution in [2.45, 2.75) is 214 Å². The maximum atomic E-state index is 18.6. The Morgan fingerprint density at radius 1 is 0.878 bits per heavy atom. The Bertz CT molecular complexity index is 4020. The zero-order valence-corrected chi connectivity index (χ0v) is 57.3. The van der Waals surface area contributed by atoms with Crippen LogP contribution >= 0.6 is 0 Å². The van der Waals surface area contributed by atoms with Gasteiger partial charge in [0.05, 0.1) is 54.9 Å². The van der Waals surface area contributed by atoms with Crippen molar-refractivity contribution in [3.8, 4) is 11.8 Å². The van der Waals surface area contributed by atoms with E-state index in [2.05, 4.69) is 95.9 Å². The molecule has 13 heteroatoms. The number of hydrogen-bond acceptors (Lipinski definition) is 13. The molecule has 21 aliphatic rings. The summed E-state index contributed by atoms with van der Waals surface area (Å²) in [7, 11) is 0. The molecule has 13 nitrogen and oxygen atoms in total. The standard InChI is InChI=1S/C85H100N2O11/c1-76-38-53-39-78-43-77(25-5-6-26-77)40-56(78)34-55-36-67-79-28-22-48-11-7-13-57(48)60(79)21-18-50-16-19-54(35-62(50)79)83(67)70-68(90)72(91)82(69(53)80(70)44-95-74(92)71(78)84(55,80)98-83)63-32-47(31-46-9-3-2-4-10-46)14-15-49(63)12-8-27-81(76,97-75(93)73-85(76,82)96-73)61-24-30-94-66(61)37-59(65(89)42-88)51-17-20-58-52(33-51)23-29-87-45-86-41-64(58)87/h2-4,9-10,16,18-19,23-24,29-30,36,47-49,51-54,56-60,62-65,67,69-73,86,88-89,91H,5-7,11,13-15,17,20-22,25-28,31-35,37-45H2,1H3. The number of fused-ring (bicyclic) bond motifs is 7. The number of aliphatic hydroxyl groups is 3. The topological polar surface area (TPSA) is 181 Å². The van der Waals surface area contributed by atoms with E-state index in [1.165, 1.54) is 55.2 Å². The van der Waals surface area contributed by atoms with Crippen LogP contribution in [0.1, 0.15) is 171 Å². The van der Waals surface area contributed by atoms with Gasteiger partial charge in [-0.25, -0.2) is 4.79 Å². The average molecular weight is 1330 g/mol. The van der Waals surface area contributed by atoms with E-state index in [9.17, 15) is 14.9 Å². The fourth-order valence-corrected chi connectivity index (χ4v) is 33.5. The smallest absolute Gasteiger partial charge is 0.339 e. The largest absolute Gasteiger partial charge is 0.469 e. The molecule has 11 saturated carbocycles. The molecule has 5 saturated heterocycles. The minimum Gasteiger partial charge on any atom is -0.469 e. The summed E-state index contributed by atoms with van der Waals surface area (Å²) in [6.07, 6.45) is 36.5. The SMILES string of the molecule is CC12CC3CC45CC6(CCCC6)CC4CC4=CC6C78CCC9CCCC9C7CC=C7C=CC(CC78)C67OC46C5C(=O)OCC64C7C(=O)C(O)C5(C6CC(Cc7ccccc7)CCC6C#CCC1(c1ccoc1CC(C(O)CO)C1CCC6C(C=CN7CNCC67)C1)OC(=O)C1OC152)C34.